The number of morpholine rings is 1. The van der Waals surface area contributed by atoms with Crippen LogP contribution in [-0.2, 0) is 16.7 Å². The van der Waals surface area contributed by atoms with E-state index in [1.54, 1.807) is 0 Å². The fourth-order valence-electron chi connectivity index (χ4n) is 3.98. The number of amides is 1. The molecule has 1 saturated heterocycles. The monoisotopic (exact) mass is 437 g/mol. The van der Waals surface area contributed by atoms with E-state index in [-0.39, 0.29) is 11.3 Å². The van der Waals surface area contributed by atoms with E-state index in [0.717, 1.165) is 62.6 Å². The average Bonchev–Trinajstić information content (AvgIpc) is 2.78. The second-order valence-electron chi connectivity index (χ2n) is 9.92. The molecule has 1 amide bonds. The largest absolute Gasteiger partial charge is 0.379 e. The van der Waals surface area contributed by atoms with Crippen LogP contribution >= 0.6 is 0 Å². The summed E-state index contributed by atoms with van der Waals surface area (Å²) in [6.45, 7) is 12.5. The molecule has 0 spiro atoms. The van der Waals surface area contributed by atoms with Crippen LogP contribution in [0.5, 0.6) is 0 Å². The number of rotatable bonds is 8. The number of anilines is 1. The van der Waals surface area contributed by atoms with Crippen LogP contribution in [0.2, 0.25) is 0 Å². The highest BCUT2D eigenvalue weighted by molar-refractivity contribution is 5.94. The highest BCUT2D eigenvalue weighted by atomic mass is 16.5. The van der Waals surface area contributed by atoms with Crippen molar-refractivity contribution in [2.75, 3.05) is 58.4 Å². The molecule has 1 fully saturated rings. The maximum atomic E-state index is 13.5. The fourth-order valence-corrected chi connectivity index (χ4v) is 3.98. The van der Waals surface area contributed by atoms with Gasteiger partial charge in [-0.15, -0.1) is 0 Å². The molecule has 174 valence electrons. The molecule has 0 N–H and O–H groups in total. The van der Waals surface area contributed by atoms with Crippen LogP contribution in [0.1, 0.15) is 48.7 Å². The van der Waals surface area contributed by atoms with Crippen LogP contribution in [0.4, 0.5) is 5.69 Å². The Morgan fingerprint density at radius 2 is 1.59 bits per heavy atom. The lowest BCUT2D eigenvalue weighted by Crippen LogP contribution is -2.39. The van der Waals surface area contributed by atoms with Crippen LogP contribution < -0.4 is 4.90 Å². The molecule has 0 bridgehead atoms. The summed E-state index contributed by atoms with van der Waals surface area (Å²) in [5, 5.41) is 0. The summed E-state index contributed by atoms with van der Waals surface area (Å²) < 4.78 is 5.45. The lowest BCUT2D eigenvalue weighted by Gasteiger charge is -2.29. The Morgan fingerprint density at radius 1 is 0.969 bits per heavy atom. The Labute approximate surface area is 194 Å². The van der Waals surface area contributed by atoms with Gasteiger partial charge in [0.05, 0.1) is 13.2 Å². The Kier molecular flexibility index (Phi) is 8.32. The summed E-state index contributed by atoms with van der Waals surface area (Å²) in [5.41, 5.74) is 4.40. The van der Waals surface area contributed by atoms with Crippen molar-refractivity contribution in [3.63, 3.8) is 0 Å². The molecule has 1 aliphatic rings. The number of nitrogens with zero attached hydrogens (tertiary/aromatic N) is 3. The van der Waals surface area contributed by atoms with Gasteiger partial charge >= 0.3 is 0 Å². The minimum absolute atomic E-state index is 0.0770. The van der Waals surface area contributed by atoms with Crippen molar-refractivity contribution in [2.45, 2.75) is 39.2 Å². The van der Waals surface area contributed by atoms with E-state index in [0.29, 0.717) is 6.54 Å². The topological polar surface area (TPSA) is 36.0 Å². The van der Waals surface area contributed by atoms with Crippen molar-refractivity contribution in [1.29, 1.82) is 0 Å². The molecule has 3 rings (SSSR count). The van der Waals surface area contributed by atoms with Gasteiger partial charge in [0.15, 0.2) is 0 Å². The second-order valence-corrected chi connectivity index (χ2v) is 9.92. The van der Waals surface area contributed by atoms with Crippen molar-refractivity contribution in [2.24, 2.45) is 0 Å². The average molecular weight is 438 g/mol. The summed E-state index contributed by atoms with van der Waals surface area (Å²) in [6.07, 6.45) is 0.960. The van der Waals surface area contributed by atoms with E-state index in [2.05, 4.69) is 67.0 Å². The summed E-state index contributed by atoms with van der Waals surface area (Å²) in [6, 6.07) is 16.6. The maximum absolute atomic E-state index is 13.5. The third-order valence-electron chi connectivity index (χ3n) is 6.12. The van der Waals surface area contributed by atoms with E-state index >= 15 is 0 Å². The van der Waals surface area contributed by atoms with Gasteiger partial charge in [-0.2, -0.15) is 0 Å². The molecule has 2 aromatic rings. The van der Waals surface area contributed by atoms with Crippen LogP contribution in [0.3, 0.4) is 0 Å². The van der Waals surface area contributed by atoms with E-state index in [1.165, 1.54) is 5.56 Å². The van der Waals surface area contributed by atoms with Gasteiger partial charge in [-0.3, -0.25) is 9.69 Å². The van der Waals surface area contributed by atoms with Gasteiger partial charge in [0.2, 0.25) is 0 Å². The van der Waals surface area contributed by atoms with Crippen molar-refractivity contribution in [3.05, 3.63) is 65.2 Å². The lowest BCUT2D eigenvalue weighted by atomic mass is 9.86. The molecule has 0 unspecified atom stereocenters. The Balaban J connectivity index is 1.71. The Hall–Kier alpha value is -2.37. The lowest BCUT2D eigenvalue weighted by molar-refractivity contribution is 0.0355. The first-order valence-electron chi connectivity index (χ1n) is 11.7. The van der Waals surface area contributed by atoms with Crippen LogP contribution in [-0.4, -0.2) is 69.2 Å². The normalized spacial score (nSPS) is 14.9. The van der Waals surface area contributed by atoms with Crippen LogP contribution in [0.25, 0.3) is 0 Å². The van der Waals surface area contributed by atoms with Crippen LogP contribution in [0, 0.1) is 0 Å². The first-order valence-corrected chi connectivity index (χ1v) is 11.7. The quantitative estimate of drug-likeness (QED) is 0.613. The van der Waals surface area contributed by atoms with Crippen molar-refractivity contribution in [3.8, 4) is 0 Å². The number of hydrogen-bond acceptors (Lipinski definition) is 4. The summed E-state index contributed by atoms with van der Waals surface area (Å²) in [7, 11) is 4.08. The maximum Gasteiger partial charge on any atom is 0.254 e. The summed E-state index contributed by atoms with van der Waals surface area (Å²) in [5.74, 6) is 0.101. The third kappa shape index (κ3) is 6.81. The predicted octanol–water partition coefficient (Wildman–Crippen LogP) is 4.41. The molecule has 0 radical (unpaired) electrons. The molecule has 0 aliphatic carbocycles. The van der Waals surface area contributed by atoms with Gasteiger partial charge in [-0.05, 0) is 47.2 Å². The zero-order chi connectivity index (χ0) is 23.1. The summed E-state index contributed by atoms with van der Waals surface area (Å²) in [4.78, 5) is 20.0. The molecule has 0 saturated carbocycles. The zero-order valence-corrected chi connectivity index (χ0v) is 20.4. The van der Waals surface area contributed by atoms with Gasteiger partial charge in [-0.1, -0.05) is 45.0 Å². The van der Waals surface area contributed by atoms with Gasteiger partial charge in [-0.25, -0.2) is 0 Å². The standard InChI is InChI=1S/C27H39N3O2/c1-27(2,3)24-11-9-23(10-12-24)26(31)30(16-6-15-29-17-19-32-20-18-29)21-22-7-13-25(14-8-22)28(4)5/h7-14H,6,15-21H2,1-5H3. The molecular weight excluding hydrogens is 398 g/mol. The first kappa shape index (κ1) is 24.3. The fraction of sp³-hybridized carbons (Fsp3) is 0.519. The molecule has 0 aromatic heterocycles. The molecule has 5 heteroatoms. The van der Waals surface area contributed by atoms with E-state index in [4.69, 9.17) is 4.74 Å². The van der Waals surface area contributed by atoms with E-state index in [1.807, 2.05) is 31.1 Å². The zero-order valence-electron chi connectivity index (χ0n) is 20.4. The van der Waals surface area contributed by atoms with Gasteiger partial charge in [0.25, 0.3) is 5.91 Å². The Morgan fingerprint density at radius 3 is 2.16 bits per heavy atom. The highest BCUT2D eigenvalue weighted by Gasteiger charge is 2.19. The number of hydrogen-bond donors (Lipinski definition) is 0. The summed E-state index contributed by atoms with van der Waals surface area (Å²) >= 11 is 0. The van der Waals surface area contributed by atoms with Crippen molar-refractivity contribution in [1.82, 2.24) is 9.80 Å². The Bertz CT molecular complexity index is 848. The minimum Gasteiger partial charge on any atom is -0.379 e. The second kappa shape index (κ2) is 11.0. The third-order valence-corrected chi connectivity index (χ3v) is 6.12. The molecule has 0 atom stereocenters. The molecular formula is C27H39N3O2. The van der Waals surface area contributed by atoms with E-state index < -0.39 is 0 Å². The minimum atomic E-state index is 0.0770. The number of carbonyl (C=O) groups excluding carboxylic acids is 1. The molecule has 2 aromatic carbocycles. The number of ether oxygens (including phenoxy) is 1. The van der Waals surface area contributed by atoms with Crippen LogP contribution in [0.15, 0.2) is 48.5 Å². The van der Waals surface area contributed by atoms with Gasteiger partial charge < -0.3 is 14.5 Å². The molecule has 32 heavy (non-hydrogen) atoms. The number of carbonyl (C=O) groups is 1. The molecule has 1 heterocycles. The number of benzene rings is 2. The predicted molar refractivity (Wildman–Crippen MR) is 133 cm³/mol. The van der Waals surface area contributed by atoms with Crippen molar-refractivity contribution >= 4 is 11.6 Å². The van der Waals surface area contributed by atoms with E-state index in [9.17, 15) is 4.79 Å². The smallest absolute Gasteiger partial charge is 0.254 e. The van der Waals surface area contributed by atoms with Crippen molar-refractivity contribution < 1.29 is 9.53 Å². The SMILES string of the molecule is CN(C)c1ccc(CN(CCCN2CCOCC2)C(=O)c2ccc(C(C)(C)C)cc2)cc1. The highest BCUT2D eigenvalue weighted by Crippen LogP contribution is 2.23. The van der Waals surface area contributed by atoms with Gasteiger partial charge in [0, 0.05) is 58.1 Å². The molecule has 1 aliphatic heterocycles. The molecule has 5 nitrogen and oxygen atoms in total. The van der Waals surface area contributed by atoms with Gasteiger partial charge in [0.1, 0.15) is 0 Å². The first-order chi connectivity index (χ1) is 15.2.